The van der Waals surface area contributed by atoms with Crippen molar-refractivity contribution in [2.45, 2.75) is 6.54 Å². The van der Waals surface area contributed by atoms with E-state index >= 15 is 0 Å². The molecule has 2 nitrogen and oxygen atoms in total. The molecule has 0 aliphatic rings. The van der Waals surface area contributed by atoms with Crippen molar-refractivity contribution in [1.82, 2.24) is 5.32 Å². The van der Waals surface area contributed by atoms with Crippen LogP contribution < -0.4 is 5.32 Å². The second-order valence-corrected chi connectivity index (χ2v) is 5.98. The van der Waals surface area contributed by atoms with Crippen LogP contribution in [0.1, 0.15) is 15.2 Å². The minimum Gasteiger partial charge on any atom is -0.347 e. The maximum absolute atomic E-state index is 13.2. The summed E-state index contributed by atoms with van der Waals surface area (Å²) in [6.45, 7) is 0.429. The van der Waals surface area contributed by atoms with Gasteiger partial charge < -0.3 is 5.32 Å². The van der Waals surface area contributed by atoms with Crippen molar-refractivity contribution in [2.24, 2.45) is 0 Å². The highest BCUT2D eigenvalue weighted by Gasteiger charge is 2.17. The molecule has 5 heteroatoms. The molecule has 1 heterocycles. The molecule has 0 atom stereocenters. The Morgan fingerprint density at radius 1 is 1.19 bits per heavy atom. The predicted molar refractivity (Wildman–Crippen MR) is 84.4 cm³/mol. The van der Waals surface area contributed by atoms with E-state index in [1.54, 1.807) is 6.07 Å². The molecule has 106 valence electrons. The maximum atomic E-state index is 13.2. The number of carbonyl (C=O) groups excluding carboxylic acids is 1. The fraction of sp³-hybridized carbons (Fsp3) is 0.0625. The first-order valence-corrected chi connectivity index (χ1v) is 7.54. The maximum Gasteiger partial charge on any atom is 0.263 e. The van der Waals surface area contributed by atoms with Crippen LogP contribution in [0.3, 0.4) is 0 Å². The zero-order valence-electron chi connectivity index (χ0n) is 10.9. The Balaban J connectivity index is 1.83. The number of amides is 1. The number of halogens is 2. The number of hydrogen-bond acceptors (Lipinski definition) is 2. The van der Waals surface area contributed by atoms with Crippen LogP contribution in [0.4, 0.5) is 4.39 Å². The summed E-state index contributed by atoms with van der Waals surface area (Å²) in [5.74, 6) is -0.581. The number of nitrogens with one attached hydrogen (secondary N) is 1. The van der Waals surface area contributed by atoms with Crippen LogP contribution in [0.5, 0.6) is 0 Å². The Kier molecular flexibility index (Phi) is 3.90. The lowest BCUT2D eigenvalue weighted by Gasteiger charge is -2.03. The normalized spacial score (nSPS) is 10.8. The number of hydrogen-bond donors (Lipinski definition) is 1. The average molecular weight is 320 g/mol. The third-order valence-electron chi connectivity index (χ3n) is 3.09. The monoisotopic (exact) mass is 319 g/mol. The van der Waals surface area contributed by atoms with Gasteiger partial charge in [-0.15, -0.1) is 11.3 Å². The van der Waals surface area contributed by atoms with Gasteiger partial charge in [-0.1, -0.05) is 41.9 Å². The molecular weight excluding hydrogens is 309 g/mol. The van der Waals surface area contributed by atoms with Crippen LogP contribution >= 0.6 is 22.9 Å². The second-order valence-electron chi connectivity index (χ2n) is 4.55. The summed E-state index contributed by atoms with van der Waals surface area (Å²) < 4.78 is 13.9. The molecule has 3 aromatic rings. The van der Waals surface area contributed by atoms with Gasteiger partial charge in [-0.25, -0.2) is 4.39 Å². The zero-order valence-corrected chi connectivity index (χ0v) is 12.5. The number of rotatable bonds is 3. The minimum absolute atomic E-state index is 0.245. The van der Waals surface area contributed by atoms with Crippen molar-refractivity contribution in [3.8, 4) is 0 Å². The standard InChI is InChI=1S/C16H11ClFNOS/c17-14-12-7-6-11(18)8-13(12)21-15(14)16(20)19-9-10-4-2-1-3-5-10/h1-8H,9H2,(H,19,20). The van der Waals surface area contributed by atoms with E-state index in [4.69, 9.17) is 11.6 Å². The first kappa shape index (κ1) is 14.0. The van der Waals surface area contributed by atoms with E-state index in [2.05, 4.69) is 5.32 Å². The highest BCUT2D eigenvalue weighted by Crippen LogP contribution is 2.35. The van der Waals surface area contributed by atoms with Gasteiger partial charge in [-0.2, -0.15) is 0 Å². The quantitative estimate of drug-likeness (QED) is 0.749. The number of fused-ring (bicyclic) bond motifs is 1. The van der Waals surface area contributed by atoms with Crippen LogP contribution in [-0.2, 0) is 6.54 Å². The summed E-state index contributed by atoms with van der Waals surface area (Å²) in [6, 6.07) is 13.9. The zero-order chi connectivity index (χ0) is 14.8. The van der Waals surface area contributed by atoms with E-state index in [1.807, 2.05) is 30.3 Å². The SMILES string of the molecule is O=C(NCc1ccccc1)c1sc2cc(F)ccc2c1Cl. The van der Waals surface area contributed by atoms with Crippen LogP contribution in [-0.4, -0.2) is 5.91 Å². The summed E-state index contributed by atoms with van der Waals surface area (Å²) in [4.78, 5) is 12.6. The van der Waals surface area contributed by atoms with Crippen molar-refractivity contribution >= 4 is 38.9 Å². The summed E-state index contributed by atoms with van der Waals surface area (Å²) in [5.41, 5.74) is 1.01. The fourth-order valence-corrected chi connectivity index (χ4v) is 3.50. The van der Waals surface area contributed by atoms with Crippen molar-refractivity contribution < 1.29 is 9.18 Å². The molecule has 0 aliphatic heterocycles. The molecule has 0 saturated heterocycles. The fourth-order valence-electron chi connectivity index (χ4n) is 2.04. The molecule has 3 rings (SSSR count). The molecule has 0 spiro atoms. The van der Waals surface area contributed by atoms with Crippen molar-refractivity contribution in [3.63, 3.8) is 0 Å². The minimum atomic E-state index is -0.336. The highest BCUT2D eigenvalue weighted by atomic mass is 35.5. The van der Waals surface area contributed by atoms with Gasteiger partial charge in [0.15, 0.2) is 0 Å². The van der Waals surface area contributed by atoms with Gasteiger partial charge >= 0.3 is 0 Å². The first-order chi connectivity index (χ1) is 10.1. The third kappa shape index (κ3) is 2.91. The van der Waals surface area contributed by atoms with E-state index in [0.717, 1.165) is 5.56 Å². The molecule has 0 saturated carbocycles. The van der Waals surface area contributed by atoms with Crippen LogP contribution in [0.25, 0.3) is 10.1 Å². The molecule has 1 amide bonds. The molecule has 1 aromatic heterocycles. The van der Waals surface area contributed by atoms with Crippen molar-refractivity contribution in [1.29, 1.82) is 0 Å². The lowest BCUT2D eigenvalue weighted by atomic mass is 10.2. The molecule has 21 heavy (non-hydrogen) atoms. The summed E-state index contributed by atoms with van der Waals surface area (Å²) in [7, 11) is 0. The van der Waals surface area contributed by atoms with E-state index in [9.17, 15) is 9.18 Å². The lowest BCUT2D eigenvalue weighted by molar-refractivity contribution is 0.0955. The Bertz CT molecular complexity index is 801. The Morgan fingerprint density at radius 3 is 2.71 bits per heavy atom. The molecule has 0 aliphatic carbocycles. The van der Waals surface area contributed by atoms with Crippen LogP contribution in [0.2, 0.25) is 5.02 Å². The molecular formula is C16H11ClFNOS. The topological polar surface area (TPSA) is 29.1 Å². The van der Waals surface area contributed by atoms with E-state index in [1.165, 1.54) is 23.5 Å². The molecule has 0 fully saturated rings. The number of carbonyl (C=O) groups is 1. The Labute approximate surface area is 130 Å². The van der Waals surface area contributed by atoms with E-state index in [0.29, 0.717) is 26.5 Å². The first-order valence-electron chi connectivity index (χ1n) is 6.35. The molecule has 1 N–H and O–H groups in total. The van der Waals surface area contributed by atoms with Crippen molar-refractivity contribution in [2.75, 3.05) is 0 Å². The summed E-state index contributed by atoms with van der Waals surface area (Å²) in [5, 5.41) is 3.90. The Morgan fingerprint density at radius 2 is 1.95 bits per heavy atom. The van der Waals surface area contributed by atoms with Crippen LogP contribution in [0, 0.1) is 5.82 Å². The second kappa shape index (κ2) is 5.84. The summed E-state index contributed by atoms with van der Waals surface area (Å²) in [6.07, 6.45) is 0. The largest absolute Gasteiger partial charge is 0.347 e. The average Bonchev–Trinajstić information content (AvgIpc) is 2.82. The molecule has 0 radical (unpaired) electrons. The number of benzene rings is 2. The number of thiophene rings is 1. The van der Waals surface area contributed by atoms with Gasteiger partial charge in [0.2, 0.25) is 0 Å². The van der Waals surface area contributed by atoms with E-state index < -0.39 is 0 Å². The third-order valence-corrected chi connectivity index (χ3v) is 4.75. The summed E-state index contributed by atoms with van der Waals surface area (Å²) >= 11 is 7.41. The smallest absolute Gasteiger partial charge is 0.263 e. The molecule has 2 aromatic carbocycles. The molecule has 0 bridgehead atoms. The molecule has 0 unspecified atom stereocenters. The van der Waals surface area contributed by atoms with Crippen LogP contribution in [0.15, 0.2) is 48.5 Å². The van der Waals surface area contributed by atoms with Gasteiger partial charge in [0.05, 0.1) is 5.02 Å². The van der Waals surface area contributed by atoms with Gasteiger partial charge in [-0.3, -0.25) is 4.79 Å². The van der Waals surface area contributed by atoms with Gasteiger partial charge in [0.1, 0.15) is 10.7 Å². The van der Waals surface area contributed by atoms with Gasteiger partial charge in [-0.05, 0) is 23.8 Å². The van der Waals surface area contributed by atoms with Crippen molar-refractivity contribution in [3.05, 3.63) is 69.8 Å². The van der Waals surface area contributed by atoms with Gasteiger partial charge in [0, 0.05) is 16.6 Å². The van der Waals surface area contributed by atoms with E-state index in [-0.39, 0.29) is 11.7 Å². The Hall–Kier alpha value is -1.91. The highest BCUT2D eigenvalue weighted by molar-refractivity contribution is 7.21. The predicted octanol–water partition coefficient (Wildman–Crippen LogP) is 4.62. The lowest BCUT2D eigenvalue weighted by Crippen LogP contribution is -2.21. The van der Waals surface area contributed by atoms with Gasteiger partial charge in [0.25, 0.3) is 5.91 Å².